The molecule has 0 saturated carbocycles. The van der Waals surface area contributed by atoms with Crippen LogP contribution in [0.4, 0.5) is 17.6 Å². The van der Waals surface area contributed by atoms with Crippen LogP contribution in [0, 0.1) is 23.3 Å². The number of nitrogens with zero attached hydrogens (tertiary/aromatic N) is 23. The van der Waals surface area contributed by atoms with Gasteiger partial charge in [0.25, 0.3) is 47.3 Å². The number of fused-ring (bicyclic) bond motifs is 4. The molecular formula is C109H122F4N24O11. The largest absolute Gasteiger partial charge is 0.368 e. The quantitative estimate of drug-likeness (QED) is 0.111. The first-order valence-corrected chi connectivity index (χ1v) is 49.3. The van der Waals surface area contributed by atoms with E-state index in [-0.39, 0.29) is 127 Å². The lowest BCUT2D eigenvalue weighted by Crippen LogP contribution is -2.63. The van der Waals surface area contributed by atoms with Gasteiger partial charge in [-0.1, -0.05) is 93.4 Å². The molecule has 1 unspecified atom stereocenters. The molecule has 4 aromatic carbocycles. The molecule has 8 amide bonds. The zero-order valence-electron chi connectivity index (χ0n) is 86.8. The van der Waals surface area contributed by atoms with Crippen LogP contribution in [0.3, 0.4) is 0 Å². The summed E-state index contributed by atoms with van der Waals surface area (Å²) in [5, 5.41) is 32.7. The minimum absolute atomic E-state index is 0.0118. The van der Waals surface area contributed by atoms with Crippen molar-refractivity contribution in [2.45, 2.75) is 201 Å². The number of rotatable bonds is 12. The van der Waals surface area contributed by atoms with Gasteiger partial charge in [0.05, 0.1) is 75.9 Å². The second kappa shape index (κ2) is 40.0. The van der Waals surface area contributed by atoms with Gasteiger partial charge in [-0.3, -0.25) is 43.5 Å². The Kier molecular flexibility index (Phi) is 28.1. The lowest BCUT2D eigenvalue weighted by Gasteiger charge is -2.47. The Morgan fingerprint density at radius 2 is 0.669 bits per heavy atom. The summed E-state index contributed by atoms with van der Waals surface area (Å²) >= 11 is 0. The summed E-state index contributed by atoms with van der Waals surface area (Å²) in [7, 11) is 0. The lowest BCUT2D eigenvalue weighted by atomic mass is 9.87. The van der Waals surface area contributed by atoms with Gasteiger partial charge < -0.3 is 53.0 Å². The third-order valence-corrected chi connectivity index (χ3v) is 27.4. The van der Waals surface area contributed by atoms with E-state index in [0.29, 0.717) is 142 Å². The number of hydrogen-bond acceptors (Lipinski definition) is 22. The average molecular weight is 2020 g/mol. The highest BCUT2D eigenvalue weighted by atomic mass is 19.1. The maximum Gasteiger partial charge on any atom is 0.292 e. The molecule has 148 heavy (non-hydrogen) atoms. The summed E-state index contributed by atoms with van der Waals surface area (Å²) in [6, 6.07) is 37.2. The first-order valence-electron chi connectivity index (χ1n) is 49.3. The number of benzene rings is 4. The van der Waals surface area contributed by atoms with Crippen molar-refractivity contribution >= 4 is 69.8 Å². The van der Waals surface area contributed by atoms with Crippen molar-refractivity contribution in [1.29, 1.82) is 0 Å². The number of carbonyl (C=O) groups is 8. The van der Waals surface area contributed by atoms with E-state index in [0.717, 1.165) is 57.3 Å². The molecule has 1 N–H and O–H groups in total. The van der Waals surface area contributed by atoms with Crippen LogP contribution in [0.1, 0.15) is 247 Å². The van der Waals surface area contributed by atoms with Crippen molar-refractivity contribution in [3.63, 3.8) is 0 Å². The van der Waals surface area contributed by atoms with Crippen molar-refractivity contribution in [1.82, 2.24) is 118 Å². The van der Waals surface area contributed by atoms with Gasteiger partial charge in [0.15, 0.2) is 28.3 Å². The Hall–Kier alpha value is -15.6. The molecular weight excluding hydrogens is 1900 g/mol. The Morgan fingerprint density at radius 3 is 0.939 bits per heavy atom. The predicted octanol–water partition coefficient (Wildman–Crippen LogP) is 16.4. The van der Waals surface area contributed by atoms with E-state index < -0.39 is 22.2 Å². The first kappa shape index (κ1) is 104. The standard InChI is InChI=1S/C28H34FN5O3.C27H30FN7O2.2C27H29FN6O3/c1-27(2,3)20-15-21(18-8-10-19(29)11-9-18)31-34-16-22(30-24(20)34)25(35)33-13-12-32(17-28(33,4)5)26(36)23-7-6-14-37-23;1-26(2,3)19-14-21(17-6-8-18(28)9-7-17)32-35-15-22(30-23(19)35)25(37)34-13-12-33(16-27(34,4)5)24(36)20-10-11-29-31-20;1-26(2,3)19-14-21(17-6-8-18(28)9-7-17)30-34-15-22(29-23(19)34)25(36)33-12-11-32(16-27(33,4)5)24(35)20-10-13-37-31-20;1-26(2,3)19-14-20(17-6-8-18(28)9-7-17)31-34-15-21(30-23(19)34)24(35)33-13-12-32(16-27(33,4)5)25(36)22-10-11-29-37-22/h8-11,15-16,23H,6-7,12-14,17H2,1-5H3;6-11,14-15H,12-13,16H2,1-5H3,(H,29,31);6-10,13-15H,11-12,16H2,1-5H3;6-11,14-15H,12-13,16H2,1-5H3. The second-order valence-corrected chi connectivity index (χ2v) is 44.6. The van der Waals surface area contributed by atoms with Crippen LogP contribution in [0.15, 0.2) is 192 Å². The molecule has 0 bridgehead atoms. The molecule has 35 nitrogen and oxygen atoms in total. The van der Waals surface area contributed by atoms with E-state index in [1.165, 1.54) is 73.1 Å². The Labute approximate surface area is 853 Å². The number of aromatic nitrogens is 16. The number of H-pyrrole nitrogens is 1. The molecule has 772 valence electrons. The molecule has 5 fully saturated rings. The lowest BCUT2D eigenvalue weighted by molar-refractivity contribution is -0.145. The molecule has 11 aromatic heterocycles. The number of halogens is 4. The number of nitrogens with one attached hydrogen (secondary N) is 1. The summed E-state index contributed by atoms with van der Waals surface area (Å²) < 4.78 is 75.9. The fraction of sp³-hybridized carbons (Fsp3) is 0.404. The summed E-state index contributed by atoms with van der Waals surface area (Å²) in [5.41, 5.74) is 10.1. The second-order valence-electron chi connectivity index (χ2n) is 44.6. The van der Waals surface area contributed by atoms with Gasteiger partial charge in [0.2, 0.25) is 5.76 Å². The molecule has 20 rings (SSSR count). The number of hydrogen-bond donors (Lipinski definition) is 1. The zero-order valence-corrected chi connectivity index (χ0v) is 86.8. The SMILES string of the molecule is CC(C)(C)c1cc(-c2ccc(F)cc2)nn2cc(C(=O)N3CCN(C(=O)C4CCCO4)CC3(C)C)nc12.CC(C)(C)c1cc(-c2ccc(F)cc2)nn2cc(C(=O)N3CCN(C(=O)c4ccn[nH]4)CC3(C)C)nc12.CC(C)(C)c1cc(-c2ccc(F)cc2)nn2cc(C(=O)N3CCN(C(=O)c4ccno4)CC3(C)C)nc12.CC(C)(C)c1cc(-c2ccc(F)cc2)nn2cc(C(=O)N3CCN(C(=O)c4ccon4)CC3(C)C)nc12. The zero-order chi connectivity index (χ0) is 106. The van der Waals surface area contributed by atoms with Crippen LogP contribution in [0.2, 0.25) is 0 Å². The van der Waals surface area contributed by atoms with Crippen molar-refractivity contribution < 1.29 is 69.7 Å². The average Bonchev–Trinajstić information content (AvgIpc) is 1.63. The maximum atomic E-state index is 13.7. The summed E-state index contributed by atoms with van der Waals surface area (Å²) in [6.07, 6.45) is 12.2. The number of imidazole rings is 4. The molecule has 0 aliphatic carbocycles. The molecule has 1 atom stereocenters. The number of ether oxygens (including phenoxy) is 1. The van der Waals surface area contributed by atoms with Crippen LogP contribution in [-0.2, 0) is 31.2 Å². The predicted molar refractivity (Wildman–Crippen MR) is 544 cm³/mol. The fourth-order valence-electron chi connectivity index (χ4n) is 19.5. The first-order chi connectivity index (χ1) is 69.7. The Morgan fingerprint density at radius 1 is 0.358 bits per heavy atom. The highest BCUT2D eigenvalue weighted by molar-refractivity contribution is 5.98. The Bertz CT molecular complexity index is 6970. The van der Waals surface area contributed by atoms with Crippen LogP contribution >= 0.6 is 0 Å². The Balaban J connectivity index is 0.000000135. The highest BCUT2D eigenvalue weighted by Crippen LogP contribution is 2.39. The van der Waals surface area contributed by atoms with Crippen LogP contribution in [0.25, 0.3) is 67.6 Å². The molecule has 5 aliphatic rings. The third kappa shape index (κ3) is 21.8. The van der Waals surface area contributed by atoms with Crippen molar-refractivity contribution in [2.24, 2.45) is 0 Å². The van der Waals surface area contributed by atoms with E-state index in [1.54, 1.807) is 138 Å². The van der Waals surface area contributed by atoms with Gasteiger partial charge >= 0.3 is 0 Å². The van der Waals surface area contributed by atoms with E-state index >= 15 is 0 Å². The van der Waals surface area contributed by atoms with E-state index in [9.17, 15) is 55.9 Å². The normalized spacial score (nSPS) is 16.9. The van der Waals surface area contributed by atoms with Gasteiger partial charge in [0.1, 0.15) is 64.1 Å². The van der Waals surface area contributed by atoms with Crippen LogP contribution in [-0.4, -0.2) is 279 Å². The maximum absolute atomic E-state index is 13.7. The minimum Gasteiger partial charge on any atom is -0.368 e. The number of aromatic amines is 1. The van der Waals surface area contributed by atoms with Gasteiger partial charge in [-0.2, -0.15) is 25.5 Å². The van der Waals surface area contributed by atoms with E-state index in [1.807, 2.05) is 84.6 Å². The van der Waals surface area contributed by atoms with Gasteiger partial charge in [-0.05, 0) is 217 Å². The van der Waals surface area contributed by atoms with Crippen molar-refractivity contribution in [3.8, 4) is 45.0 Å². The molecule has 39 heteroatoms. The third-order valence-electron chi connectivity index (χ3n) is 27.4. The number of amides is 8. The molecule has 16 heterocycles. The summed E-state index contributed by atoms with van der Waals surface area (Å²) in [4.78, 5) is 139. The van der Waals surface area contributed by atoms with Crippen molar-refractivity contribution in [3.05, 3.63) is 268 Å². The van der Waals surface area contributed by atoms with Crippen LogP contribution in [0.5, 0.6) is 0 Å². The number of piperazine rings is 4. The molecule has 5 aliphatic heterocycles. The van der Waals surface area contributed by atoms with E-state index in [2.05, 4.69) is 114 Å². The molecule has 0 radical (unpaired) electrons. The highest BCUT2D eigenvalue weighted by Gasteiger charge is 2.47. The van der Waals surface area contributed by atoms with E-state index in [4.69, 9.17) is 43.9 Å². The minimum atomic E-state index is -0.639. The van der Waals surface area contributed by atoms with Gasteiger partial charge in [0, 0.05) is 148 Å². The molecule has 5 saturated heterocycles. The van der Waals surface area contributed by atoms with Crippen LogP contribution < -0.4 is 0 Å². The summed E-state index contributed by atoms with van der Waals surface area (Å²) in [6.45, 7) is 45.6. The molecule has 0 spiro atoms. The molecule has 15 aromatic rings. The topological polar surface area (TPSA) is 373 Å². The fourth-order valence-corrected chi connectivity index (χ4v) is 19.5. The van der Waals surface area contributed by atoms with Gasteiger partial charge in [-0.25, -0.2) is 55.6 Å². The smallest absolute Gasteiger partial charge is 0.292 e. The number of carbonyl (C=O) groups excluding carboxylic acids is 8. The van der Waals surface area contributed by atoms with Crippen molar-refractivity contribution in [2.75, 3.05) is 85.1 Å². The monoisotopic (exact) mass is 2020 g/mol. The summed E-state index contributed by atoms with van der Waals surface area (Å²) in [5.74, 6) is -2.56. The van der Waals surface area contributed by atoms with Gasteiger partial charge in [-0.15, -0.1) is 0 Å².